The van der Waals surface area contributed by atoms with E-state index in [2.05, 4.69) is 271 Å². The van der Waals surface area contributed by atoms with Crippen molar-refractivity contribution in [2.75, 3.05) is 4.90 Å². The standard InChI is InChI=1S/C67H55NS/c1-65(2,3)48-34-39-63-59(42-48)67(60-43-49(66(4,5)6)35-40-64(60)69-63)57-28-15-12-25-54(57)55-38-33-47(41-58(55)67)52-24-13-16-29-61(52)68(50-36-31-45(32-37-50)44-19-8-7-9-20-44)62-30-17-14-26-56(62)53-27-18-22-46-21-10-11-23-51(46)53/h7-43H,1-6H3. The van der Waals surface area contributed by atoms with Crippen LogP contribution in [0.4, 0.5) is 17.1 Å². The molecule has 69 heavy (non-hydrogen) atoms. The lowest BCUT2D eigenvalue weighted by Gasteiger charge is -2.41. The Morgan fingerprint density at radius 2 is 0.855 bits per heavy atom. The summed E-state index contributed by atoms with van der Waals surface area (Å²) in [7, 11) is 0. The zero-order valence-corrected chi connectivity index (χ0v) is 41.0. The molecule has 0 amide bonds. The third kappa shape index (κ3) is 7.07. The SMILES string of the molecule is CC(C)(C)c1ccc2c(c1)C1(c3cc(C(C)(C)C)ccc3S2)c2ccccc2-c2ccc(-c3ccccc3N(c3ccc(-c4ccccc4)cc3)c3ccccc3-c3cccc4ccccc34)cc21. The van der Waals surface area contributed by atoms with E-state index in [9.17, 15) is 0 Å². The average molecular weight is 906 g/mol. The van der Waals surface area contributed by atoms with E-state index in [1.54, 1.807) is 0 Å². The van der Waals surface area contributed by atoms with Crippen molar-refractivity contribution in [3.8, 4) is 44.5 Å². The van der Waals surface area contributed by atoms with Crippen LogP contribution in [0.25, 0.3) is 55.3 Å². The van der Waals surface area contributed by atoms with Gasteiger partial charge in [0, 0.05) is 26.6 Å². The minimum absolute atomic E-state index is 0.0265. The Kier molecular flexibility index (Phi) is 10.2. The molecule has 0 radical (unpaired) electrons. The van der Waals surface area contributed by atoms with Crippen LogP contribution in [0.1, 0.15) is 74.9 Å². The molecular formula is C67H55NS. The summed E-state index contributed by atoms with van der Waals surface area (Å²) in [6.45, 7) is 14.0. The molecule has 1 nitrogen and oxygen atoms in total. The van der Waals surface area contributed by atoms with Gasteiger partial charge in [-0.25, -0.2) is 0 Å². The van der Waals surface area contributed by atoms with Crippen molar-refractivity contribution in [2.45, 2.75) is 67.6 Å². The molecule has 1 aliphatic heterocycles. The monoisotopic (exact) mass is 905 g/mol. The van der Waals surface area contributed by atoms with Gasteiger partial charge < -0.3 is 4.90 Å². The van der Waals surface area contributed by atoms with E-state index >= 15 is 0 Å². The van der Waals surface area contributed by atoms with Crippen molar-refractivity contribution < 1.29 is 0 Å². The number of fused-ring (bicyclic) bond motifs is 10. The highest BCUT2D eigenvalue weighted by Gasteiger charge is 2.51. The average Bonchev–Trinajstić information content (AvgIpc) is 3.66. The van der Waals surface area contributed by atoms with Gasteiger partial charge in [-0.1, -0.05) is 235 Å². The fourth-order valence-corrected chi connectivity index (χ4v) is 12.3. The molecule has 12 rings (SSSR count). The number of para-hydroxylation sites is 2. The van der Waals surface area contributed by atoms with Gasteiger partial charge in [0.2, 0.25) is 0 Å². The maximum absolute atomic E-state index is 2.55. The van der Waals surface area contributed by atoms with Crippen LogP contribution in [0.3, 0.4) is 0 Å². The number of nitrogens with zero attached hydrogens (tertiary/aromatic N) is 1. The van der Waals surface area contributed by atoms with E-state index in [4.69, 9.17) is 0 Å². The number of anilines is 3. The fourth-order valence-electron chi connectivity index (χ4n) is 11.2. The zero-order valence-electron chi connectivity index (χ0n) is 40.2. The van der Waals surface area contributed by atoms with Gasteiger partial charge in [0.05, 0.1) is 16.8 Å². The number of hydrogen-bond acceptors (Lipinski definition) is 2. The van der Waals surface area contributed by atoms with Gasteiger partial charge in [0.1, 0.15) is 0 Å². The number of rotatable bonds is 6. The first-order valence-corrected chi connectivity index (χ1v) is 25.1. The van der Waals surface area contributed by atoms with Crippen LogP contribution in [-0.2, 0) is 16.2 Å². The van der Waals surface area contributed by atoms with E-state index in [0.29, 0.717) is 0 Å². The molecule has 1 spiro atoms. The molecule has 10 aromatic rings. The van der Waals surface area contributed by atoms with Gasteiger partial charge in [-0.05, 0) is 131 Å². The Labute approximate surface area is 412 Å². The van der Waals surface area contributed by atoms with Crippen LogP contribution in [0.2, 0.25) is 0 Å². The van der Waals surface area contributed by atoms with Gasteiger partial charge in [-0.15, -0.1) is 0 Å². The normalized spacial score (nSPS) is 13.4. The van der Waals surface area contributed by atoms with Gasteiger partial charge in [0.15, 0.2) is 0 Å². The minimum Gasteiger partial charge on any atom is -0.309 e. The molecule has 0 saturated carbocycles. The molecule has 334 valence electrons. The highest BCUT2D eigenvalue weighted by molar-refractivity contribution is 7.99. The van der Waals surface area contributed by atoms with Crippen LogP contribution in [0.15, 0.2) is 234 Å². The Bertz CT molecular complexity index is 3540. The first-order chi connectivity index (χ1) is 33.5. The van der Waals surface area contributed by atoms with Crippen molar-refractivity contribution in [1.29, 1.82) is 0 Å². The second-order valence-corrected chi connectivity index (χ2v) is 22.0. The second-order valence-electron chi connectivity index (χ2n) is 20.9. The summed E-state index contributed by atoms with van der Waals surface area (Å²) in [5, 5.41) is 2.46. The summed E-state index contributed by atoms with van der Waals surface area (Å²) < 4.78 is 0. The maximum atomic E-state index is 2.55. The smallest absolute Gasteiger partial charge is 0.0735 e. The van der Waals surface area contributed by atoms with Crippen LogP contribution in [0.5, 0.6) is 0 Å². The van der Waals surface area contributed by atoms with Crippen molar-refractivity contribution in [3.63, 3.8) is 0 Å². The van der Waals surface area contributed by atoms with Crippen molar-refractivity contribution in [1.82, 2.24) is 0 Å². The molecule has 1 heterocycles. The molecule has 1 aliphatic carbocycles. The van der Waals surface area contributed by atoms with Crippen molar-refractivity contribution in [3.05, 3.63) is 258 Å². The fraction of sp³-hybridized carbons (Fsp3) is 0.134. The molecule has 0 aromatic heterocycles. The van der Waals surface area contributed by atoms with Gasteiger partial charge >= 0.3 is 0 Å². The summed E-state index contributed by atoms with van der Waals surface area (Å²) in [6.07, 6.45) is 0. The molecule has 0 N–H and O–H groups in total. The quantitative estimate of drug-likeness (QED) is 0.164. The third-order valence-electron chi connectivity index (χ3n) is 14.7. The first kappa shape index (κ1) is 42.9. The molecule has 0 fully saturated rings. The Hall–Kier alpha value is -7.39. The zero-order chi connectivity index (χ0) is 47.1. The Morgan fingerprint density at radius 3 is 1.54 bits per heavy atom. The third-order valence-corrected chi connectivity index (χ3v) is 15.8. The van der Waals surface area contributed by atoms with E-state index in [-0.39, 0.29) is 10.8 Å². The molecule has 0 bridgehead atoms. The molecule has 0 saturated heterocycles. The lowest BCUT2D eigenvalue weighted by atomic mass is 9.65. The Balaban J connectivity index is 1.12. The van der Waals surface area contributed by atoms with Crippen LogP contribution < -0.4 is 4.90 Å². The molecular weight excluding hydrogens is 851 g/mol. The topological polar surface area (TPSA) is 3.24 Å². The summed E-state index contributed by atoms with van der Waals surface area (Å²) in [6, 6.07) is 84.4. The van der Waals surface area contributed by atoms with E-state index in [0.717, 1.165) is 17.1 Å². The van der Waals surface area contributed by atoms with E-state index < -0.39 is 5.41 Å². The lowest BCUT2D eigenvalue weighted by molar-refractivity contribution is 0.581. The molecule has 2 heteroatoms. The van der Waals surface area contributed by atoms with Gasteiger partial charge in [0.25, 0.3) is 0 Å². The summed E-state index contributed by atoms with van der Waals surface area (Å²) in [5.41, 5.74) is 20.6. The second kappa shape index (κ2) is 16.4. The molecule has 0 atom stereocenters. The molecule has 10 aromatic carbocycles. The highest BCUT2D eigenvalue weighted by atomic mass is 32.2. The molecule has 0 unspecified atom stereocenters. The van der Waals surface area contributed by atoms with Gasteiger partial charge in [-0.3, -0.25) is 0 Å². The van der Waals surface area contributed by atoms with Crippen LogP contribution in [0, 0.1) is 0 Å². The van der Waals surface area contributed by atoms with Crippen LogP contribution in [-0.4, -0.2) is 0 Å². The summed E-state index contributed by atoms with van der Waals surface area (Å²) >= 11 is 1.93. The number of hydrogen-bond donors (Lipinski definition) is 0. The maximum Gasteiger partial charge on any atom is 0.0735 e. The predicted molar refractivity (Wildman–Crippen MR) is 294 cm³/mol. The number of benzene rings is 10. The Morgan fingerprint density at radius 1 is 0.348 bits per heavy atom. The minimum atomic E-state index is -0.538. The van der Waals surface area contributed by atoms with E-state index in [1.807, 2.05) is 11.8 Å². The predicted octanol–water partition coefficient (Wildman–Crippen LogP) is 18.7. The summed E-state index contributed by atoms with van der Waals surface area (Å²) in [4.78, 5) is 5.14. The first-order valence-electron chi connectivity index (χ1n) is 24.3. The van der Waals surface area contributed by atoms with Crippen molar-refractivity contribution in [2.24, 2.45) is 0 Å². The van der Waals surface area contributed by atoms with Gasteiger partial charge in [-0.2, -0.15) is 0 Å². The highest BCUT2D eigenvalue weighted by Crippen LogP contribution is 2.63. The molecule has 2 aliphatic rings. The van der Waals surface area contributed by atoms with Crippen molar-refractivity contribution >= 4 is 39.6 Å². The van der Waals surface area contributed by atoms with Crippen LogP contribution >= 0.6 is 11.8 Å². The lowest BCUT2D eigenvalue weighted by Crippen LogP contribution is -2.33. The van der Waals surface area contributed by atoms with E-state index in [1.165, 1.54) is 98.5 Å². The largest absolute Gasteiger partial charge is 0.309 e. The summed E-state index contributed by atoms with van der Waals surface area (Å²) in [5.74, 6) is 0.